The van der Waals surface area contributed by atoms with Gasteiger partial charge in [-0.3, -0.25) is 9.36 Å². The fourth-order valence-electron chi connectivity index (χ4n) is 7.02. The van der Waals surface area contributed by atoms with Crippen molar-refractivity contribution >= 4 is 34.7 Å². The fraction of sp³-hybridized carbons (Fsp3) is 0.359. The van der Waals surface area contributed by atoms with E-state index in [0.29, 0.717) is 29.4 Å². The highest BCUT2D eigenvalue weighted by atomic mass is 16.6. The van der Waals surface area contributed by atoms with Gasteiger partial charge in [0.15, 0.2) is 11.5 Å². The van der Waals surface area contributed by atoms with Gasteiger partial charge in [0, 0.05) is 50.3 Å². The number of hydrogen-bond donors (Lipinski definition) is 2. The highest BCUT2D eigenvalue weighted by Gasteiger charge is 2.41. The molecule has 258 valence electrons. The maximum atomic E-state index is 12.8. The number of benzene rings is 2. The highest BCUT2D eigenvalue weighted by molar-refractivity contribution is 5.85. The molecule has 3 aromatic heterocycles. The van der Waals surface area contributed by atoms with Crippen molar-refractivity contribution in [3.05, 3.63) is 84.6 Å². The van der Waals surface area contributed by atoms with Gasteiger partial charge in [0.1, 0.15) is 16.9 Å². The highest BCUT2D eigenvalue weighted by Crippen LogP contribution is 2.42. The number of ether oxygens (including phenoxy) is 1. The maximum Gasteiger partial charge on any atom is 0.408 e. The van der Waals surface area contributed by atoms with Crippen LogP contribution in [-0.4, -0.2) is 69.2 Å². The predicted molar refractivity (Wildman–Crippen MR) is 196 cm³/mol. The first-order chi connectivity index (χ1) is 23.9. The van der Waals surface area contributed by atoms with Crippen LogP contribution in [0.1, 0.15) is 52.0 Å². The summed E-state index contributed by atoms with van der Waals surface area (Å²) in [5.41, 5.74) is 12.2. The number of rotatable bonds is 7. The van der Waals surface area contributed by atoms with Gasteiger partial charge in [-0.15, -0.1) is 0 Å². The minimum Gasteiger partial charge on any atom is -0.444 e. The lowest BCUT2D eigenvalue weighted by atomic mass is 9.72. The Morgan fingerprint density at radius 1 is 0.980 bits per heavy atom. The summed E-state index contributed by atoms with van der Waals surface area (Å²) in [4.78, 5) is 43.9. The molecule has 11 heteroatoms. The van der Waals surface area contributed by atoms with Crippen LogP contribution in [0.2, 0.25) is 0 Å². The van der Waals surface area contributed by atoms with Gasteiger partial charge in [0.2, 0.25) is 5.91 Å². The molecule has 1 aliphatic carbocycles. The van der Waals surface area contributed by atoms with E-state index in [1.807, 2.05) is 81.9 Å². The number of nitrogens with two attached hydrogens (primary N) is 1. The molecule has 2 fully saturated rings. The number of hydrogen-bond acceptors (Lipinski definition) is 8. The van der Waals surface area contributed by atoms with Crippen LogP contribution in [-0.2, 0) is 15.1 Å². The molecule has 1 unspecified atom stereocenters. The van der Waals surface area contributed by atoms with Gasteiger partial charge >= 0.3 is 6.09 Å². The van der Waals surface area contributed by atoms with Crippen LogP contribution >= 0.6 is 0 Å². The number of amides is 2. The number of fused-ring (bicyclic) bond motifs is 1. The van der Waals surface area contributed by atoms with Crippen molar-refractivity contribution in [1.29, 1.82) is 0 Å². The lowest BCUT2D eigenvalue weighted by Gasteiger charge is -2.43. The van der Waals surface area contributed by atoms with Crippen LogP contribution in [0.25, 0.3) is 39.5 Å². The van der Waals surface area contributed by atoms with Crippen molar-refractivity contribution in [2.45, 2.75) is 57.6 Å². The summed E-state index contributed by atoms with van der Waals surface area (Å²) < 4.78 is 7.62. The summed E-state index contributed by atoms with van der Waals surface area (Å²) in [5, 5.41) is 3.15. The number of pyridine rings is 2. The van der Waals surface area contributed by atoms with Crippen molar-refractivity contribution in [2.75, 3.05) is 37.8 Å². The summed E-state index contributed by atoms with van der Waals surface area (Å²) in [6, 6.07) is 24.3. The zero-order valence-corrected chi connectivity index (χ0v) is 29.3. The molecule has 1 atom stereocenters. The molecule has 1 saturated heterocycles. The Morgan fingerprint density at radius 2 is 1.76 bits per heavy atom. The van der Waals surface area contributed by atoms with E-state index in [1.165, 1.54) is 0 Å². The molecule has 0 spiro atoms. The molecule has 3 N–H and O–H groups in total. The standard InChI is InChI=1S/C39H44N8O3/c1-38(2,3)50-37(49)44-39(19-8-20-39)27-12-14-28(15-13-27)47-34(30-11-7-21-41-33(30)40)43-32-17-16-31(42-35(32)47)25-9-6-10-29(23-25)46-22-18-26(24-46)36(48)45(4)5/h6-7,9-17,21,23,26H,8,18-20,22,24H2,1-5H3,(H2,40,41)(H,44,49). The van der Waals surface area contributed by atoms with Gasteiger partial charge in [-0.05, 0) is 101 Å². The van der Waals surface area contributed by atoms with Gasteiger partial charge in [-0.1, -0.05) is 24.3 Å². The Hall–Kier alpha value is -5.45. The third-order valence-corrected chi connectivity index (χ3v) is 9.69. The second-order valence-electron chi connectivity index (χ2n) is 14.6. The number of aromatic nitrogens is 4. The van der Waals surface area contributed by atoms with E-state index in [1.54, 1.807) is 11.1 Å². The first kappa shape index (κ1) is 33.1. The Labute approximate surface area is 292 Å². The summed E-state index contributed by atoms with van der Waals surface area (Å²) in [5.74, 6) is 1.18. The number of nitrogens with one attached hydrogen (secondary N) is 1. The van der Waals surface area contributed by atoms with E-state index < -0.39 is 17.2 Å². The van der Waals surface area contributed by atoms with Crippen molar-refractivity contribution in [1.82, 2.24) is 29.7 Å². The van der Waals surface area contributed by atoms with Crippen LogP contribution < -0.4 is 16.0 Å². The molecule has 7 rings (SSSR count). The van der Waals surface area contributed by atoms with Crippen molar-refractivity contribution in [3.63, 3.8) is 0 Å². The Kier molecular flexibility index (Phi) is 8.45. The Morgan fingerprint density at radius 3 is 2.44 bits per heavy atom. The molecule has 2 aliphatic rings. The molecule has 1 saturated carbocycles. The number of imidazole rings is 1. The SMILES string of the molecule is CN(C)C(=O)C1CCN(c2cccc(-c3ccc4nc(-c5cccnc5N)n(-c5ccc(C6(NC(=O)OC(C)(C)C)CCC6)cc5)c4n3)c2)C1. The molecular formula is C39H44N8O3. The van der Waals surface area contributed by atoms with Crippen LogP contribution in [0.4, 0.5) is 16.3 Å². The number of anilines is 2. The molecule has 4 heterocycles. The summed E-state index contributed by atoms with van der Waals surface area (Å²) >= 11 is 0. The zero-order chi connectivity index (χ0) is 35.2. The molecule has 2 aromatic carbocycles. The van der Waals surface area contributed by atoms with Gasteiger partial charge in [-0.2, -0.15) is 0 Å². The monoisotopic (exact) mass is 672 g/mol. The van der Waals surface area contributed by atoms with E-state index in [0.717, 1.165) is 65.9 Å². The molecule has 1 aliphatic heterocycles. The van der Waals surface area contributed by atoms with Gasteiger partial charge in [-0.25, -0.2) is 19.7 Å². The van der Waals surface area contributed by atoms with Crippen LogP contribution in [0.3, 0.4) is 0 Å². The number of nitrogens with zero attached hydrogens (tertiary/aromatic N) is 6. The second kappa shape index (κ2) is 12.8. The lowest BCUT2D eigenvalue weighted by molar-refractivity contribution is -0.132. The third kappa shape index (κ3) is 6.35. The molecular weight excluding hydrogens is 628 g/mol. The maximum absolute atomic E-state index is 12.8. The lowest BCUT2D eigenvalue weighted by Crippen LogP contribution is -2.52. The molecule has 2 amide bonds. The molecule has 0 radical (unpaired) electrons. The first-order valence-electron chi connectivity index (χ1n) is 17.2. The van der Waals surface area contributed by atoms with E-state index in [2.05, 4.69) is 45.5 Å². The summed E-state index contributed by atoms with van der Waals surface area (Å²) in [6.45, 7) is 7.12. The number of carbonyl (C=O) groups excluding carboxylic acids is 2. The van der Waals surface area contributed by atoms with Gasteiger partial charge < -0.3 is 25.6 Å². The van der Waals surface area contributed by atoms with Crippen LogP contribution in [0.15, 0.2) is 79.0 Å². The minimum atomic E-state index is -0.581. The van der Waals surface area contributed by atoms with E-state index >= 15 is 0 Å². The fourth-order valence-corrected chi connectivity index (χ4v) is 7.02. The average molecular weight is 673 g/mol. The minimum absolute atomic E-state index is 0.00512. The zero-order valence-electron chi connectivity index (χ0n) is 29.3. The summed E-state index contributed by atoms with van der Waals surface area (Å²) in [6.07, 6.45) is 4.79. The molecule has 0 bridgehead atoms. The van der Waals surface area contributed by atoms with Crippen molar-refractivity contribution < 1.29 is 14.3 Å². The quantitative estimate of drug-likeness (QED) is 0.199. The molecule has 50 heavy (non-hydrogen) atoms. The van der Waals surface area contributed by atoms with Crippen LogP contribution in [0.5, 0.6) is 0 Å². The normalized spacial score (nSPS) is 17.0. The first-order valence-corrected chi connectivity index (χ1v) is 17.2. The molecule has 11 nitrogen and oxygen atoms in total. The van der Waals surface area contributed by atoms with Gasteiger partial charge in [0.25, 0.3) is 0 Å². The number of alkyl carbamates (subject to hydrolysis) is 1. The second-order valence-corrected chi connectivity index (χ2v) is 14.6. The van der Waals surface area contributed by atoms with Crippen molar-refractivity contribution in [2.24, 2.45) is 5.92 Å². The third-order valence-electron chi connectivity index (χ3n) is 9.69. The predicted octanol–water partition coefficient (Wildman–Crippen LogP) is 6.55. The van der Waals surface area contributed by atoms with E-state index in [9.17, 15) is 9.59 Å². The Bertz CT molecular complexity index is 2060. The smallest absolute Gasteiger partial charge is 0.408 e. The van der Waals surface area contributed by atoms with Crippen LogP contribution in [0, 0.1) is 5.92 Å². The largest absolute Gasteiger partial charge is 0.444 e. The van der Waals surface area contributed by atoms with E-state index in [4.69, 9.17) is 20.4 Å². The molecule has 5 aromatic rings. The number of carbonyl (C=O) groups is 2. The average Bonchev–Trinajstić information content (AvgIpc) is 3.71. The number of nitrogen functional groups attached to an aromatic ring is 1. The van der Waals surface area contributed by atoms with E-state index in [-0.39, 0.29) is 11.8 Å². The van der Waals surface area contributed by atoms with Gasteiger partial charge in [0.05, 0.1) is 22.7 Å². The topological polar surface area (TPSA) is 132 Å². The van der Waals surface area contributed by atoms with Crippen molar-refractivity contribution in [3.8, 4) is 28.3 Å². The summed E-state index contributed by atoms with van der Waals surface area (Å²) in [7, 11) is 3.63. The Balaban J connectivity index is 1.26.